The molecule has 1 aliphatic carbocycles. The molecule has 1 heterocycles. The van der Waals surface area contributed by atoms with Crippen molar-refractivity contribution in [1.82, 2.24) is 10.3 Å². The third-order valence-electron chi connectivity index (χ3n) is 4.41. The van der Waals surface area contributed by atoms with Gasteiger partial charge in [0.2, 0.25) is 0 Å². The SMILES string of the molecule is CNC(C)(c1nc(C)c(C)s1)C1CCCCC1. The van der Waals surface area contributed by atoms with E-state index in [2.05, 4.69) is 33.1 Å². The van der Waals surface area contributed by atoms with Gasteiger partial charge in [-0.2, -0.15) is 0 Å². The molecule has 3 heteroatoms. The van der Waals surface area contributed by atoms with E-state index < -0.39 is 0 Å². The van der Waals surface area contributed by atoms with Crippen molar-refractivity contribution in [2.75, 3.05) is 7.05 Å². The van der Waals surface area contributed by atoms with E-state index in [1.165, 1.54) is 47.7 Å². The van der Waals surface area contributed by atoms with Crippen LogP contribution in [0.4, 0.5) is 0 Å². The van der Waals surface area contributed by atoms with Crippen LogP contribution >= 0.6 is 11.3 Å². The lowest BCUT2D eigenvalue weighted by Gasteiger charge is -2.38. The fraction of sp³-hybridized carbons (Fsp3) is 0.786. The Morgan fingerprint density at radius 2 is 1.88 bits per heavy atom. The Kier molecular flexibility index (Phi) is 3.88. The van der Waals surface area contributed by atoms with E-state index in [1.54, 1.807) is 0 Å². The summed E-state index contributed by atoms with van der Waals surface area (Å²) >= 11 is 1.87. The number of rotatable bonds is 3. The molecular weight excluding hydrogens is 228 g/mol. The lowest BCUT2D eigenvalue weighted by molar-refractivity contribution is 0.187. The largest absolute Gasteiger partial charge is 0.308 e. The lowest BCUT2D eigenvalue weighted by atomic mass is 9.76. The highest BCUT2D eigenvalue weighted by Crippen LogP contribution is 2.40. The van der Waals surface area contributed by atoms with Crippen LogP contribution in [0.3, 0.4) is 0 Å². The average Bonchev–Trinajstić information content (AvgIpc) is 2.70. The van der Waals surface area contributed by atoms with Gasteiger partial charge in [0.05, 0.1) is 11.2 Å². The molecule has 0 bridgehead atoms. The predicted octanol–water partition coefficient (Wildman–Crippen LogP) is 3.77. The van der Waals surface area contributed by atoms with Crippen LogP contribution in [0.25, 0.3) is 0 Å². The summed E-state index contributed by atoms with van der Waals surface area (Å²) in [5.41, 5.74) is 1.27. The van der Waals surface area contributed by atoms with E-state index in [1.807, 2.05) is 11.3 Å². The van der Waals surface area contributed by atoms with E-state index >= 15 is 0 Å². The molecule has 1 unspecified atom stereocenters. The summed E-state index contributed by atoms with van der Waals surface area (Å²) in [7, 11) is 2.08. The molecule has 1 aromatic heterocycles. The predicted molar refractivity (Wildman–Crippen MR) is 74.6 cm³/mol. The summed E-state index contributed by atoms with van der Waals surface area (Å²) in [6.45, 7) is 6.63. The van der Waals surface area contributed by atoms with Crippen LogP contribution in [-0.4, -0.2) is 12.0 Å². The summed E-state index contributed by atoms with van der Waals surface area (Å²) in [6.07, 6.45) is 6.85. The second kappa shape index (κ2) is 5.07. The zero-order chi connectivity index (χ0) is 12.5. The molecule has 96 valence electrons. The third-order valence-corrected chi connectivity index (χ3v) is 5.72. The van der Waals surface area contributed by atoms with Crippen molar-refractivity contribution < 1.29 is 0 Å². The standard InChI is InChI=1S/C14H24N2S/c1-10-11(2)17-13(16-10)14(3,15-4)12-8-6-5-7-9-12/h12,15H,5-9H2,1-4H3. The van der Waals surface area contributed by atoms with E-state index in [9.17, 15) is 0 Å². The van der Waals surface area contributed by atoms with Crippen LogP contribution in [-0.2, 0) is 5.54 Å². The Labute approximate surface area is 109 Å². The molecule has 0 aromatic carbocycles. The van der Waals surface area contributed by atoms with Crippen LogP contribution in [0.5, 0.6) is 0 Å². The van der Waals surface area contributed by atoms with Gasteiger partial charge in [0.1, 0.15) is 5.01 Å². The Bertz CT molecular complexity index is 360. The first kappa shape index (κ1) is 13.0. The van der Waals surface area contributed by atoms with Gasteiger partial charge in [-0.15, -0.1) is 11.3 Å². The van der Waals surface area contributed by atoms with Crippen LogP contribution in [0.15, 0.2) is 0 Å². The number of nitrogens with one attached hydrogen (secondary N) is 1. The van der Waals surface area contributed by atoms with Gasteiger partial charge < -0.3 is 5.32 Å². The molecular formula is C14H24N2S. The van der Waals surface area contributed by atoms with E-state index in [0.717, 1.165) is 5.92 Å². The zero-order valence-corrected chi connectivity index (χ0v) is 12.3. The van der Waals surface area contributed by atoms with Crippen molar-refractivity contribution in [3.8, 4) is 0 Å². The minimum Gasteiger partial charge on any atom is -0.308 e. The van der Waals surface area contributed by atoms with Crippen molar-refractivity contribution in [1.29, 1.82) is 0 Å². The van der Waals surface area contributed by atoms with E-state index in [-0.39, 0.29) is 5.54 Å². The Morgan fingerprint density at radius 1 is 1.24 bits per heavy atom. The molecule has 0 saturated heterocycles. The molecule has 1 atom stereocenters. The molecule has 0 spiro atoms. The fourth-order valence-electron chi connectivity index (χ4n) is 2.86. The maximum absolute atomic E-state index is 4.78. The highest BCUT2D eigenvalue weighted by Gasteiger charge is 2.37. The van der Waals surface area contributed by atoms with Crippen LogP contribution in [0.2, 0.25) is 0 Å². The molecule has 1 N–H and O–H groups in total. The maximum Gasteiger partial charge on any atom is 0.113 e. The Balaban J connectivity index is 2.28. The molecule has 2 nitrogen and oxygen atoms in total. The number of aromatic nitrogens is 1. The number of nitrogens with zero attached hydrogens (tertiary/aromatic N) is 1. The molecule has 1 aromatic rings. The molecule has 2 rings (SSSR count). The summed E-state index contributed by atoms with van der Waals surface area (Å²) in [4.78, 5) is 6.14. The van der Waals surface area contributed by atoms with Crippen molar-refractivity contribution >= 4 is 11.3 Å². The van der Waals surface area contributed by atoms with E-state index in [4.69, 9.17) is 4.98 Å². The number of hydrogen-bond acceptors (Lipinski definition) is 3. The van der Waals surface area contributed by atoms with Gasteiger partial charge in [-0.3, -0.25) is 0 Å². The Hall–Kier alpha value is -0.410. The fourth-order valence-corrected chi connectivity index (χ4v) is 4.01. The highest BCUT2D eigenvalue weighted by atomic mass is 32.1. The van der Waals surface area contributed by atoms with Crippen molar-refractivity contribution in [3.63, 3.8) is 0 Å². The first-order chi connectivity index (χ1) is 8.08. The zero-order valence-electron chi connectivity index (χ0n) is 11.5. The average molecular weight is 252 g/mol. The van der Waals surface area contributed by atoms with Crippen LogP contribution in [0, 0.1) is 19.8 Å². The minimum absolute atomic E-state index is 0.0735. The van der Waals surface area contributed by atoms with Gasteiger partial charge in [-0.05, 0) is 46.6 Å². The number of hydrogen-bond donors (Lipinski definition) is 1. The summed E-state index contributed by atoms with van der Waals surface area (Å²) < 4.78 is 0. The molecule has 17 heavy (non-hydrogen) atoms. The minimum atomic E-state index is 0.0735. The van der Waals surface area contributed by atoms with Gasteiger partial charge in [-0.1, -0.05) is 19.3 Å². The molecule has 1 fully saturated rings. The maximum atomic E-state index is 4.78. The molecule has 0 amide bonds. The monoisotopic (exact) mass is 252 g/mol. The number of aryl methyl sites for hydroxylation is 2. The van der Waals surface area contributed by atoms with Gasteiger partial charge in [0, 0.05) is 4.88 Å². The van der Waals surface area contributed by atoms with Crippen LogP contribution in [0.1, 0.15) is 54.6 Å². The molecule has 1 saturated carbocycles. The van der Waals surface area contributed by atoms with Gasteiger partial charge in [-0.25, -0.2) is 4.98 Å². The first-order valence-electron chi connectivity index (χ1n) is 6.71. The number of thiazole rings is 1. The quantitative estimate of drug-likeness (QED) is 0.885. The van der Waals surface area contributed by atoms with Crippen molar-refractivity contribution in [2.45, 2.75) is 58.4 Å². The summed E-state index contributed by atoms with van der Waals surface area (Å²) in [5.74, 6) is 0.742. The first-order valence-corrected chi connectivity index (χ1v) is 7.53. The van der Waals surface area contributed by atoms with Gasteiger partial charge in [0.15, 0.2) is 0 Å². The topological polar surface area (TPSA) is 24.9 Å². The van der Waals surface area contributed by atoms with Gasteiger partial charge in [0.25, 0.3) is 0 Å². The summed E-state index contributed by atoms with van der Waals surface area (Å²) in [6, 6.07) is 0. The van der Waals surface area contributed by atoms with Gasteiger partial charge >= 0.3 is 0 Å². The van der Waals surface area contributed by atoms with Crippen molar-refractivity contribution in [3.05, 3.63) is 15.6 Å². The molecule has 1 aliphatic rings. The molecule has 0 aliphatic heterocycles. The second-order valence-corrected chi connectivity index (χ2v) is 6.65. The normalized spacial score (nSPS) is 21.4. The second-order valence-electron chi connectivity index (χ2n) is 5.45. The Morgan fingerprint density at radius 3 is 2.35 bits per heavy atom. The highest BCUT2D eigenvalue weighted by molar-refractivity contribution is 7.11. The third kappa shape index (κ3) is 2.41. The molecule has 0 radical (unpaired) electrons. The summed E-state index contributed by atoms with van der Waals surface area (Å²) in [5, 5.41) is 4.83. The van der Waals surface area contributed by atoms with Crippen LogP contribution < -0.4 is 5.32 Å². The van der Waals surface area contributed by atoms with Crippen molar-refractivity contribution in [2.24, 2.45) is 5.92 Å². The lowest BCUT2D eigenvalue weighted by Crippen LogP contribution is -2.44. The van der Waals surface area contributed by atoms with E-state index in [0.29, 0.717) is 0 Å². The smallest absolute Gasteiger partial charge is 0.113 e.